The van der Waals surface area contributed by atoms with Crippen LogP contribution in [0.15, 0.2) is 36.0 Å². The Labute approximate surface area is 153 Å². The normalized spacial score (nSPS) is 17.0. The number of aromatic nitrogens is 3. The molecule has 3 aromatic rings. The van der Waals surface area contributed by atoms with Gasteiger partial charge in [0.25, 0.3) is 5.91 Å². The first kappa shape index (κ1) is 16.2. The van der Waals surface area contributed by atoms with Gasteiger partial charge in [-0.05, 0) is 44.0 Å². The fourth-order valence-electron chi connectivity index (χ4n) is 3.06. The number of hydrogen-bond donors (Lipinski definition) is 1. The molecular weight excluding hydrogens is 354 g/mol. The first-order chi connectivity index (χ1) is 12.2. The molecule has 0 radical (unpaired) electrons. The summed E-state index contributed by atoms with van der Waals surface area (Å²) in [4.78, 5) is 21.8. The minimum absolute atomic E-state index is 0.220. The molecule has 0 bridgehead atoms. The van der Waals surface area contributed by atoms with Crippen molar-refractivity contribution < 1.29 is 4.79 Å². The minimum Gasteiger partial charge on any atom is -0.349 e. The maximum atomic E-state index is 12.2. The average Bonchev–Trinajstić information content (AvgIpc) is 3.36. The number of rotatable bonds is 4. The number of anilines is 2. The van der Waals surface area contributed by atoms with Crippen LogP contribution in [0.1, 0.15) is 39.0 Å². The molecule has 4 rings (SSSR count). The maximum Gasteiger partial charge on any atom is 0.259 e. The van der Waals surface area contributed by atoms with Crippen molar-refractivity contribution in [1.29, 1.82) is 0 Å². The smallest absolute Gasteiger partial charge is 0.259 e. The number of nitrogens with one attached hydrogen (secondary N) is 1. The molecule has 1 fully saturated rings. The highest BCUT2D eigenvalue weighted by molar-refractivity contribution is 7.13. The molecule has 8 heteroatoms. The van der Waals surface area contributed by atoms with Gasteiger partial charge in [0.1, 0.15) is 11.3 Å². The van der Waals surface area contributed by atoms with E-state index in [1.54, 1.807) is 11.7 Å². The number of carbonyl (C=O) groups is 1. The summed E-state index contributed by atoms with van der Waals surface area (Å²) < 4.78 is 0. The van der Waals surface area contributed by atoms with Crippen LogP contribution in [-0.2, 0) is 0 Å². The van der Waals surface area contributed by atoms with E-state index in [1.807, 2.05) is 23.5 Å². The van der Waals surface area contributed by atoms with Crippen molar-refractivity contribution in [2.75, 3.05) is 16.8 Å². The lowest BCUT2D eigenvalue weighted by atomic mass is 10.2. The molecule has 1 amide bonds. The van der Waals surface area contributed by atoms with Crippen molar-refractivity contribution in [3.63, 3.8) is 0 Å². The number of pyridine rings is 1. The molecule has 1 atom stereocenters. The summed E-state index contributed by atoms with van der Waals surface area (Å²) in [7, 11) is 0. The fraction of sp³-hybridized carbons (Fsp3) is 0.294. The van der Waals surface area contributed by atoms with Crippen molar-refractivity contribution in [2.45, 2.75) is 25.8 Å². The predicted octanol–water partition coefficient (Wildman–Crippen LogP) is 3.90. The molecule has 128 valence electrons. The van der Waals surface area contributed by atoms with E-state index in [0.717, 1.165) is 25.2 Å². The van der Waals surface area contributed by atoms with Gasteiger partial charge in [-0.25, -0.2) is 4.98 Å². The molecule has 0 aliphatic carbocycles. The Bertz CT molecular complexity index is 860. The van der Waals surface area contributed by atoms with Gasteiger partial charge in [-0.3, -0.25) is 10.1 Å². The molecule has 1 aliphatic heterocycles. The van der Waals surface area contributed by atoms with Crippen LogP contribution < -0.4 is 10.2 Å². The summed E-state index contributed by atoms with van der Waals surface area (Å²) in [6.45, 7) is 3.13. The van der Waals surface area contributed by atoms with Crippen molar-refractivity contribution in [3.05, 3.63) is 51.3 Å². The highest BCUT2D eigenvalue weighted by Gasteiger charge is 2.28. The van der Waals surface area contributed by atoms with Gasteiger partial charge in [-0.15, -0.1) is 21.5 Å². The molecule has 0 spiro atoms. The molecule has 1 saturated heterocycles. The highest BCUT2D eigenvalue weighted by Crippen LogP contribution is 2.38. The van der Waals surface area contributed by atoms with Crippen LogP contribution in [-0.4, -0.2) is 27.6 Å². The van der Waals surface area contributed by atoms with Crippen molar-refractivity contribution >= 4 is 39.5 Å². The first-order valence-electron chi connectivity index (χ1n) is 8.07. The predicted molar refractivity (Wildman–Crippen MR) is 100 cm³/mol. The lowest BCUT2D eigenvalue weighted by molar-refractivity contribution is 0.102. The van der Waals surface area contributed by atoms with E-state index in [4.69, 9.17) is 0 Å². The van der Waals surface area contributed by atoms with Gasteiger partial charge in [0, 0.05) is 22.5 Å². The van der Waals surface area contributed by atoms with Crippen LogP contribution in [0.4, 0.5) is 10.9 Å². The Morgan fingerprint density at radius 2 is 2.24 bits per heavy atom. The third-order valence-corrected chi connectivity index (χ3v) is 5.94. The summed E-state index contributed by atoms with van der Waals surface area (Å²) in [6, 6.07) is 8.51. The van der Waals surface area contributed by atoms with Gasteiger partial charge < -0.3 is 4.90 Å². The Hall–Kier alpha value is -2.32. The zero-order valence-electron chi connectivity index (χ0n) is 13.7. The summed E-state index contributed by atoms with van der Waals surface area (Å²) >= 11 is 3.14. The van der Waals surface area contributed by atoms with Gasteiger partial charge in [-0.1, -0.05) is 11.3 Å². The van der Waals surface area contributed by atoms with Crippen LogP contribution >= 0.6 is 22.7 Å². The lowest BCUT2D eigenvalue weighted by Gasteiger charge is -2.25. The largest absolute Gasteiger partial charge is 0.349 e. The molecule has 1 N–H and O–H groups in total. The van der Waals surface area contributed by atoms with Crippen LogP contribution in [0.5, 0.6) is 0 Å². The van der Waals surface area contributed by atoms with E-state index < -0.39 is 0 Å². The summed E-state index contributed by atoms with van der Waals surface area (Å²) in [5.74, 6) is 0.698. The fourth-order valence-corrected chi connectivity index (χ4v) is 4.52. The van der Waals surface area contributed by atoms with Gasteiger partial charge in [-0.2, -0.15) is 0 Å². The third-order valence-electron chi connectivity index (χ3n) is 4.23. The van der Waals surface area contributed by atoms with Crippen molar-refractivity contribution in [2.24, 2.45) is 0 Å². The van der Waals surface area contributed by atoms with E-state index in [0.29, 0.717) is 16.7 Å². The van der Waals surface area contributed by atoms with Crippen LogP contribution in [0, 0.1) is 6.92 Å². The molecule has 25 heavy (non-hydrogen) atoms. The van der Waals surface area contributed by atoms with Crippen LogP contribution in [0.25, 0.3) is 0 Å². The Morgan fingerprint density at radius 1 is 1.32 bits per heavy atom. The van der Waals surface area contributed by atoms with E-state index >= 15 is 0 Å². The molecule has 6 nitrogen and oxygen atoms in total. The summed E-state index contributed by atoms with van der Waals surface area (Å²) in [6.07, 6.45) is 3.92. The van der Waals surface area contributed by atoms with Gasteiger partial charge >= 0.3 is 0 Å². The second-order valence-corrected chi connectivity index (χ2v) is 8.06. The zero-order valence-corrected chi connectivity index (χ0v) is 15.3. The molecule has 1 aliphatic rings. The van der Waals surface area contributed by atoms with E-state index in [9.17, 15) is 4.79 Å². The number of amides is 1. The Morgan fingerprint density at radius 3 is 2.92 bits per heavy atom. The maximum absolute atomic E-state index is 12.2. The minimum atomic E-state index is -0.220. The standard InChI is InChI=1S/C17H17N5OS2/c1-11-4-6-14(25-11)13-3-2-8-22(13)15-7-5-12(9-18-15)16(23)20-17-21-19-10-24-17/h4-7,9-10,13H,2-3,8H2,1H3,(H,20,21,23). The van der Waals surface area contributed by atoms with E-state index in [-0.39, 0.29) is 5.91 Å². The molecule has 1 unspecified atom stereocenters. The second kappa shape index (κ2) is 6.89. The second-order valence-electron chi connectivity index (χ2n) is 5.90. The quantitative estimate of drug-likeness (QED) is 0.753. The molecule has 4 heterocycles. The summed E-state index contributed by atoms with van der Waals surface area (Å²) in [5, 5.41) is 10.7. The van der Waals surface area contributed by atoms with Gasteiger partial charge in [0.15, 0.2) is 0 Å². The SMILES string of the molecule is Cc1ccc(C2CCCN2c2ccc(C(=O)Nc3nncs3)cn2)s1. The average molecular weight is 371 g/mol. The third kappa shape index (κ3) is 3.40. The highest BCUT2D eigenvalue weighted by atomic mass is 32.1. The van der Waals surface area contributed by atoms with E-state index in [2.05, 4.69) is 44.5 Å². The van der Waals surface area contributed by atoms with Crippen molar-refractivity contribution in [3.8, 4) is 0 Å². The molecule has 0 aromatic carbocycles. The van der Waals surface area contributed by atoms with E-state index in [1.165, 1.54) is 21.1 Å². The van der Waals surface area contributed by atoms with Crippen LogP contribution in [0.3, 0.4) is 0 Å². The topological polar surface area (TPSA) is 71.0 Å². The van der Waals surface area contributed by atoms with Gasteiger partial charge in [0.2, 0.25) is 5.13 Å². The molecule has 3 aromatic heterocycles. The number of hydrogen-bond acceptors (Lipinski definition) is 7. The van der Waals surface area contributed by atoms with Crippen molar-refractivity contribution in [1.82, 2.24) is 15.2 Å². The monoisotopic (exact) mass is 371 g/mol. The number of carbonyl (C=O) groups excluding carboxylic acids is 1. The number of nitrogens with zero attached hydrogens (tertiary/aromatic N) is 4. The molecular formula is C17H17N5OS2. The summed E-state index contributed by atoms with van der Waals surface area (Å²) in [5.41, 5.74) is 2.10. The lowest BCUT2D eigenvalue weighted by Crippen LogP contribution is -2.23. The number of thiophene rings is 1. The Balaban J connectivity index is 1.50. The number of aryl methyl sites for hydroxylation is 1. The Kier molecular flexibility index (Phi) is 4.46. The van der Waals surface area contributed by atoms with Crippen LogP contribution in [0.2, 0.25) is 0 Å². The zero-order chi connectivity index (χ0) is 17.2. The van der Waals surface area contributed by atoms with Gasteiger partial charge in [0.05, 0.1) is 11.6 Å². The first-order valence-corrected chi connectivity index (χ1v) is 9.77. The molecule has 0 saturated carbocycles.